The van der Waals surface area contributed by atoms with Crippen LogP contribution in [0.3, 0.4) is 0 Å². The summed E-state index contributed by atoms with van der Waals surface area (Å²) in [5.41, 5.74) is 1.67. The van der Waals surface area contributed by atoms with Crippen molar-refractivity contribution in [2.24, 2.45) is 0 Å². The number of fused-ring (bicyclic) bond motifs is 1. The van der Waals surface area contributed by atoms with Gasteiger partial charge in [-0.2, -0.15) is 0 Å². The highest BCUT2D eigenvalue weighted by Crippen LogP contribution is 2.26. The normalized spacial score (nSPS) is 11.8. The first-order chi connectivity index (χ1) is 13.0. The molecule has 3 aromatic rings. The molecule has 7 heteroatoms. The molecule has 2 aromatic carbocycles. The fourth-order valence-electron chi connectivity index (χ4n) is 2.80. The highest BCUT2D eigenvalue weighted by molar-refractivity contribution is 6.36. The minimum absolute atomic E-state index is 0.111. The molecule has 1 aromatic heterocycles. The van der Waals surface area contributed by atoms with Gasteiger partial charge in [-0.25, -0.2) is 4.79 Å². The number of carbonyl (C=O) groups is 2. The maximum atomic E-state index is 12.8. The Morgan fingerprint density at radius 3 is 2.48 bits per heavy atom. The topological polar surface area (TPSA) is 68.3 Å². The van der Waals surface area contributed by atoms with Crippen LogP contribution in [0.15, 0.2) is 54.7 Å². The Morgan fingerprint density at radius 2 is 1.78 bits per heavy atom. The lowest BCUT2D eigenvalue weighted by molar-refractivity contribution is -0.142. The molecule has 0 fully saturated rings. The van der Waals surface area contributed by atoms with Gasteiger partial charge in [-0.05, 0) is 29.8 Å². The summed E-state index contributed by atoms with van der Waals surface area (Å²) in [7, 11) is 1.26. The molecular formula is C20H16Cl2N2O3. The number of aromatic nitrogens is 1. The fraction of sp³-hybridized carbons (Fsp3) is 0.150. The zero-order valence-electron chi connectivity index (χ0n) is 14.4. The Morgan fingerprint density at radius 1 is 1.07 bits per heavy atom. The van der Waals surface area contributed by atoms with Gasteiger partial charge in [-0.1, -0.05) is 47.5 Å². The molecule has 3 rings (SSSR count). The van der Waals surface area contributed by atoms with Crippen molar-refractivity contribution in [3.63, 3.8) is 0 Å². The quantitative estimate of drug-likeness (QED) is 0.653. The molecule has 0 radical (unpaired) electrons. The van der Waals surface area contributed by atoms with Gasteiger partial charge in [0.1, 0.15) is 6.04 Å². The van der Waals surface area contributed by atoms with Crippen molar-refractivity contribution in [1.82, 2.24) is 10.3 Å². The number of methoxy groups -OCH3 is 1. The van der Waals surface area contributed by atoms with Gasteiger partial charge in [0.15, 0.2) is 0 Å². The van der Waals surface area contributed by atoms with Crippen LogP contribution < -0.4 is 5.32 Å². The number of benzene rings is 2. The predicted molar refractivity (Wildman–Crippen MR) is 105 cm³/mol. The molecular weight excluding hydrogens is 387 g/mol. The number of nitrogens with one attached hydrogen (secondary N) is 1. The Hall–Kier alpha value is -2.63. The van der Waals surface area contributed by atoms with Gasteiger partial charge in [0.2, 0.25) is 0 Å². The molecule has 27 heavy (non-hydrogen) atoms. The fourth-order valence-corrected chi connectivity index (χ4v) is 3.35. The number of carbonyl (C=O) groups excluding carboxylic acids is 2. The number of pyridine rings is 1. The maximum Gasteiger partial charge on any atom is 0.328 e. The van der Waals surface area contributed by atoms with E-state index < -0.39 is 17.9 Å². The third kappa shape index (κ3) is 4.21. The van der Waals surface area contributed by atoms with Gasteiger partial charge in [0, 0.05) is 28.0 Å². The SMILES string of the molecule is COC(=O)[C@@H](Cc1c(Cl)cccc1Cl)NC(=O)c1ccnc2ccccc12. The number of nitrogens with zero attached hydrogens (tertiary/aromatic N) is 1. The minimum Gasteiger partial charge on any atom is -0.467 e. The third-order valence-electron chi connectivity index (χ3n) is 4.15. The first kappa shape index (κ1) is 19.1. The van der Waals surface area contributed by atoms with E-state index in [1.807, 2.05) is 18.2 Å². The molecule has 0 aliphatic heterocycles. The lowest BCUT2D eigenvalue weighted by Gasteiger charge is -2.18. The van der Waals surface area contributed by atoms with Crippen molar-refractivity contribution in [2.45, 2.75) is 12.5 Å². The zero-order chi connectivity index (χ0) is 19.4. The summed E-state index contributed by atoms with van der Waals surface area (Å²) in [6.07, 6.45) is 1.66. The number of amides is 1. The number of esters is 1. The van der Waals surface area contributed by atoms with E-state index in [1.54, 1.807) is 36.5 Å². The molecule has 0 saturated heterocycles. The molecule has 0 unspecified atom stereocenters. The number of rotatable bonds is 5. The number of para-hydroxylation sites is 1. The van der Waals surface area contributed by atoms with E-state index in [-0.39, 0.29) is 6.42 Å². The van der Waals surface area contributed by atoms with Crippen LogP contribution in [-0.4, -0.2) is 30.0 Å². The van der Waals surface area contributed by atoms with Crippen molar-refractivity contribution in [2.75, 3.05) is 7.11 Å². The summed E-state index contributed by atoms with van der Waals surface area (Å²) in [4.78, 5) is 29.3. The molecule has 1 atom stereocenters. The third-order valence-corrected chi connectivity index (χ3v) is 4.86. The van der Waals surface area contributed by atoms with Crippen LogP contribution in [0.1, 0.15) is 15.9 Å². The molecule has 0 aliphatic carbocycles. The van der Waals surface area contributed by atoms with E-state index in [2.05, 4.69) is 10.3 Å². The summed E-state index contributed by atoms with van der Waals surface area (Å²) in [6, 6.07) is 13.0. The van der Waals surface area contributed by atoms with Crippen LogP contribution in [-0.2, 0) is 16.0 Å². The van der Waals surface area contributed by atoms with Crippen LogP contribution >= 0.6 is 23.2 Å². The highest BCUT2D eigenvalue weighted by atomic mass is 35.5. The Balaban J connectivity index is 1.90. The van der Waals surface area contributed by atoms with Crippen molar-refractivity contribution in [3.05, 3.63) is 75.9 Å². The van der Waals surface area contributed by atoms with Crippen molar-refractivity contribution >= 4 is 46.0 Å². The monoisotopic (exact) mass is 402 g/mol. The average Bonchev–Trinajstić information content (AvgIpc) is 2.68. The van der Waals surface area contributed by atoms with Gasteiger partial charge in [0.05, 0.1) is 18.2 Å². The van der Waals surface area contributed by atoms with Crippen molar-refractivity contribution < 1.29 is 14.3 Å². The van der Waals surface area contributed by atoms with E-state index in [9.17, 15) is 9.59 Å². The maximum absolute atomic E-state index is 12.8. The van der Waals surface area contributed by atoms with E-state index in [4.69, 9.17) is 27.9 Å². The van der Waals surface area contributed by atoms with E-state index >= 15 is 0 Å². The van der Waals surface area contributed by atoms with Crippen LogP contribution in [0.5, 0.6) is 0 Å². The van der Waals surface area contributed by atoms with E-state index in [1.165, 1.54) is 7.11 Å². The van der Waals surface area contributed by atoms with Gasteiger partial charge in [0.25, 0.3) is 5.91 Å². The Bertz CT molecular complexity index is 982. The van der Waals surface area contributed by atoms with E-state index in [0.717, 1.165) is 0 Å². The molecule has 0 bridgehead atoms. The lowest BCUT2D eigenvalue weighted by atomic mass is 10.0. The smallest absolute Gasteiger partial charge is 0.328 e. The van der Waals surface area contributed by atoms with Crippen LogP contribution in [0.25, 0.3) is 10.9 Å². The van der Waals surface area contributed by atoms with Crippen molar-refractivity contribution in [3.8, 4) is 0 Å². The zero-order valence-corrected chi connectivity index (χ0v) is 15.9. The first-order valence-electron chi connectivity index (χ1n) is 8.16. The molecule has 1 heterocycles. The molecule has 5 nitrogen and oxygen atoms in total. The summed E-state index contributed by atoms with van der Waals surface area (Å²) in [6.45, 7) is 0. The van der Waals surface area contributed by atoms with Crippen LogP contribution in [0.2, 0.25) is 10.0 Å². The Kier molecular flexibility index (Phi) is 5.94. The van der Waals surface area contributed by atoms with Gasteiger partial charge >= 0.3 is 5.97 Å². The number of hydrogen-bond acceptors (Lipinski definition) is 4. The molecule has 0 aliphatic rings. The molecule has 0 spiro atoms. The number of ether oxygens (including phenoxy) is 1. The average molecular weight is 403 g/mol. The summed E-state index contributed by atoms with van der Waals surface area (Å²) in [5, 5.41) is 4.25. The van der Waals surface area contributed by atoms with E-state index in [0.29, 0.717) is 32.1 Å². The molecule has 138 valence electrons. The number of halogens is 2. The Labute approximate surface area is 166 Å². The highest BCUT2D eigenvalue weighted by Gasteiger charge is 2.25. The number of hydrogen-bond donors (Lipinski definition) is 1. The van der Waals surface area contributed by atoms with Crippen molar-refractivity contribution in [1.29, 1.82) is 0 Å². The summed E-state index contributed by atoms with van der Waals surface area (Å²) < 4.78 is 4.84. The van der Waals surface area contributed by atoms with Crippen LogP contribution in [0, 0.1) is 0 Å². The van der Waals surface area contributed by atoms with Gasteiger partial charge in [-0.3, -0.25) is 9.78 Å². The minimum atomic E-state index is -0.938. The van der Waals surface area contributed by atoms with Crippen LogP contribution in [0.4, 0.5) is 0 Å². The van der Waals surface area contributed by atoms with Gasteiger partial charge < -0.3 is 10.1 Å². The summed E-state index contributed by atoms with van der Waals surface area (Å²) >= 11 is 12.4. The lowest BCUT2D eigenvalue weighted by Crippen LogP contribution is -2.43. The largest absolute Gasteiger partial charge is 0.467 e. The molecule has 1 N–H and O–H groups in total. The second-order valence-electron chi connectivity index (χ2n) is 5.83. The molecule has 0 saturated carbocycles. The standard InChI is InChI=1S/C20H16Cl2N2O3/c1-27-20(26)18(11-14-15(21)6-4-7-16(14)22)24-19(25)13-9-10-23-17-8-3-2-5-12(13)17/h2-10,18H,11H2,1H3,(H,24,25)/t18-/m1/s1. The summed E-state index contributed by atoms with van der Waals surface area (Å²) in [5.74, 6) is -0.995. The first-order valence-corrected chi connectivity index (χ1v) is 8.92. The predicted octanol–water partition coefficient (Wildman–Crippen LogP) is 4.06. The molecule has 1 amide bonds. The second-order valence-corrected chi connectivity index (χ2v) is 6.64. The van der Waals surface area contributed by atoms with Gasteiger partial charge in [-0.15, -0.1) is 0 Å². The second kappa shape index (κ2) is 8.37.